The molecule has 0 aliphatic carbocycles. The molecule has 2 saturated heterocycles. The molecule has 0 bridgehead atoms. The molecule has 0 radical (unpaired) electrons. The number of aromatic nitrogens is 2. The number of benzene rings is 4. The summed E-state index contributed by atoms with van der Waals surface area (Å²) in [6.45, 7) is 7.56. The lowest BCUT2D eigenvalue weighted by atomic mass is 10.0. The number of sulfonamides is 2. The summed E-state index contributed by atoms with van der Waals surface area (Å²) in [5.41, 5.74) is 6.61. The van der Waals surface area contributed by atoms with E-state index in [-0.39, 0.29) is 19.8 Å². The first-order valence-corrected chi connectivity index (χ1v) is 25.4. The number of nitrogens with zero attached hydrogens (tertiary/aromatic N) is 6. The molecule has 0 atom stereocenters. The molecule has 62 heavy (non-hydrogen) atoms. The second-order valence-corrected chi connectivity index (χ2v) is 22.0. The molecule has 8 rings (SSSR count). The third kappa shape index (κ3) is 11.3. The molecule has 0 spiro atoms. The van der Waals surface area contributed by atoms with Crippen molar-refractivity contribution in [3.8, 4) is 0 Å². The van der Waals surface area contributed by atoms with Crippen LogP contribution in [0.5, 0.6) is 0 Å². The van der Waals surface area contributed by atoms with Crippen molar-refractivity contribution in [1.82, 2.24) is 18.6 Å². The Balaban J connectivity index is 0.000000186. The maximum Gasteiger partial charge on any atom is 0.243 e. The van der Waals surface area contributed by atoms with Crippen LogP contribution in [0.15, 0.2) is 93.3 Å². The Hall–Kier alpha value is -3.42. The fourth-order valence-electron chi connectivity index (χ4n) is 7.16. The van der Waals surface area contributed by atoms with Gasteiger partial charge < -0.3 is 9.80 Å². The van der Waals surface area contributed by atoms with E-state index in [9.17, 15) is 25.6 Å². The molecule has 10 nitrogen and oxygen atoms in total. The van der Waals surface area contributed by atoms with Crippen molar-refractivity contribution in [3.63, 3.8) is 0 Å². The maximum absolute atomic E-state index is 13.4. The van der Waals surface area contributed by atoms with Gasteiger partial charge in [-0.05, 0) is 79.6 Å². The Labute approximate surface area is 388 Å². The van der Waals surface area contributed by atoms with Crippen LogP contribution in [-0.2, 0) is 32.9 Å². The van der Waals surface area contributed by atoms with E-state index in [0.717, 1.165) is 51.8 Å². The first-order chi connectivity index (χ1) is 29.4. The van der Waals surface area contributed by atoms with Gasteiger partial charge in [0.15, 0.2) is 10.3 Å². The molecule has 2 fully saturated rings. The van der Waals surface area contributed by atoms with E-state index >= 15 is 0 Å². The van der Waals surface area contributed by atoms with Gasteiger partial charge in [-0.3, -0.25) is 0 Å². The second-order valence-electron chi connectivity index (χ2n) is 14.8. The molecule has 20 heteroatoms. The van der Waals surface area contributed by atoms with Gasteiger partial charge in [0.05, 0.1) is 31.2 Å². The van der Waals surface area contributed by atoms with E-state index in [0.29, 0.717) is 68.8 Å². The van der Waals surface area contributed by atoms with Crippen molar-refractivity contribution < 1.29 is 25.6 Å². The van der Waals surface area contributed by atoms with Crippen molar-refractivity contribution >= 4 is 99.4 Å². The van der Waals surface area contributed by atoms with Crippen LogP contribution in [0, 0.1) is 25.5 Å². The van der Waals surface area contributed by atoms with Crippen molar-refractivity contribution in [2.45, 2.75) is 36.5 Å². The summed E-state index contributed by atoms with van der Waals surface area (Å²) in [6.07, 6.45) is 1.38. The van der Waals surface area contributed by atoms with Gasteiger partial charge in [-0.15, -0.1) is 22.7 Å². The highest BCUT2D eigenvalue weighted by Crippen LogP contribution is 2.30. The summed E-state index contributed by atoms with van der Waals surface area (Å²) in [5.74, 6) is -1.28. The summed E-state index contributed by atoms with van der Waals surface area (Å²) in [5, 5.41) is 6.54. The third-order valence-electron chi connectivity index (χ3n) is 10.1. The average Bonchev–Trinajstić information content (AvgIpc) is 3.89. The molecule has 4 heterocycles. The van der Waals surface area contributed by atoms with Gasteiger partial charge in [0, 0.05) is 86.0 Å². The van der Waals surface area contributed by atoms with Gasteiger partial charge >= 0.3 is 0 Å². The molecular weight excluding hydrogens is 961 g/mol. The highest BCUT2D eigenvalue weighted by atomic mass is 35.5. The van der Waals surface area contributed by atoms with Gasteiger partial charge in [0.2, 0.25) is 20.0 Å². The predicted molar refractivity (Wildman–Crippen MR) is 247 cm³/mol. The minimum Gasteiger partial charge on any atom is -0.345 e. The van der Waals surface area contributed by atoms with Crippen LogP contribution in [-0.4, -0.2) is 87.8 Å². The molecule has 6 aromatic rings. The van der Waals surface area contributed by atoms with Crippen LogP contribution in [0.1, 0.15) is 33.6 Å². The fourth-order valence-corrected chi connectivity index (χ4v) is 12.9. The number of hydrogen-bond acceptors (Lipinski definition) is 10. The average molecular weight is 1000 g/mol. The van der Waals surface area contributed by atoms with E-state index in [1.54, 1.807) is 17.4 Å². The number of thiazole rings is 2. The van der Waals surface area contributed by atoms with E-state index in [2.05, 4.69) is 52.2 Å². The Morgan fingerprint density at radius 2 is 0.935 bits per heavy atom. The zero-order chi connectivity index (χ0) is 44.3. The highest BCUT2D eigenvalue weighted by Gasteiger charge is 2.31. The van der Waals surface area contributed by atoms with Crippen LogP contribution in [0.2, 0.25) is 20.1 Å². The lowest BCUT2D eigenvalue weighted by Gasteiger charge is -2.33. The standard InChI is InChI=1S/C22H23ClFN3O2S2.C20H17Cl3FN3O2S2/c1-15-9-16(2)11-17(10-15)12-18-14-30-22(25-18)26-5-7-27(8-6-26)31(28,29)19-3-4-21(24)20(23)13-19;21-14-7-13(8-15(22)10-14)9-16-12-30-20(25-16)26-3-5-27(6-4-26)31(28,29)17-1-2-19(24)18(23)11-17/h3-4,9-11,13-14H,5-8,12H2,1-2H3;1-2,7-8,10-12H,3-6,9H2. The maximum atomic E-state index is 13.4. The van der Waals surface area contributed by atoms with E-state index in [4.69, 9.17) is 51.4 Å². The van der Waals surface area contributed by atoms with Crippen molar-refractivity contribution in [1.29, 1.82) is 0 Å². The topological polar surface area (TPSA) is 107 Å². The molecule has 4 aromatic carbocycles. The first kappa shape index (κ1) is 46.6. The van der Waals surface area contributed by atoms with Crippen molar-refractivity contribution in [2.75, 3.05) is 62.2 Å². The predicted octanol–water partition coefficient (Wildman–Crippen LogP) is 10.00. The molecular formula is C42H40Cl4F2N6O4S4. The van der Waals surface area contributed by atoms with Crippen LogP contribution >= 0.6 is 69.1 Å². The van der Waals surface area contributed by atoms with Crippen LogP contribution < -0.4 is 9.80 Å². The zero-order valence-electron chi connectivity index (χ0n) is 33.4. The summed E-state index contributed by atoms with van der Waals surface area (Å²) in [6, 6.07) is 18.9. The Kier molecular flexibility index (Phi) is 14.8. The van der Waals surface area contributed by atoms with Gasteiger partial charge in [0.25, 0.3) is 0 Å². The molecule has 0 saturated carbocycles. The summed E-state index contributed by atoms with van der Waals surface area (Å²) in [7, 11) is -7.45. The first-order valence-electron chi connectivity index (χ1n) is 19.3. The van der Waals surface area contributed by atoms with Gasteiger partial charge in [-0.2, -0.15) is 8.61 Å². The number of anilines is 2. The molecule has 0 N–H and O–H groups in total. The van der Waals surface area contributed by atoms with E-state index in [1.165, 1.54) is 54.8 Å². The monoisotopic (exact) mass is 998 g/mol. The number of hydrogen-bond donors (Lipinski definition) is 0. The van der Waals surface area contributed by atoms with Crippen LogP contribution in [0.25, 0.3) is 0 Å². The lowest BCUT2D eigenvalue weighted by molar-refractivity contribution is 0.384. The van der Waals surface area contributed by atoms with Crippen LogP contribution in [0.4, 0.5) is 19.0 Å². The SMILES string of the molecule is Cc1cc(C)cc(Cc2csc(N3CCN(S(=O)(=O)c4ccc(F)c(Cl)c4)CC3)n2)c1.O=S(=O)(c1ccc(F)c(Cl)c1)N1CCN(c2nc(Cc3cc(Cl)cc(Cl)c3)cs2)CC1. The molecule has 0 unspecified atom stereocenters. The molecule has 2 aliphatic rings. The van der Waals surface area contributed by atoms with Crippen molar-refractivity contribution in [2.24, 2.45) is 0 Å². The number of halogens is 6. The third-order valence-corrected chi connectivity index (χ3v) is 16.8. The normalized spacial score (nSPS) is 15.4. The Morgan fingerprint density at radius 1 is 0.548 bits per heavy atom. The summed E-state index contributed by atoms with van der Waals surface area (Å²) < 4.78 is 81.0. The molecule has 2 aromatic heterocycles. The second kappa shape index (κ2) is 19.8. The largest absolute Gasteiger partial charge is 0.345 e. The van der Waals surface area contributed by atoms with Gasteiger partial charge in [-0.1, -0.05) is 75.7 Å². The Morgan fingerprint density at radius 3 is 1.32 bits per heavy atom. The number of piperazine rings is 2. The minimum absolute atomic E-state index is 0.0101. The zero-order valence-corrected chi connectivity index (χ0v) is 39.7. The summed E-state index contributed by atoms with van der Waals surface area (Å²) >= 11 is 26.7. The van der Waals surface area contributed by atoms with Gasteiger partial charge in [-0.25, -0.2) is 35.6 Å². The van der Waals surface area contributed by atoms with Crippen LogP contribution in [0.3, 0.4) is 0 Å². The molecule has 2 aliphatic heterocycles. The van der Waals surface area contributed by atoms with E-state index < -0.39 is 31.7 Å². The number of rotatable bonds is 10. The number of aryl methyl sites for hydroxylation is 2. The summed E-state index contributed by atoms with van der Waals surface area (Å²) in [4.78, 5) is 13.6. The van der Waals surface area contributed by atoms with Gasteiger partial charge in [0.1, 0.15) is 11.6 Å². The van der Waals surface area contributed by atoms with E-state index in [1.807, 2.05) is 17.5 Å². The minimum atomic E-state index is -3.74. The fraction of sp³-hybridized carbons (Fsp3) is 0.286. The molecule has 328 valence electrons. The Bertz CT molecular complexity index is 2570. The lowest BCUT2D eigenvalue weighted by Crippen LogP contribution is -2.48. The molecule has 0 amide bonds. The quantitative estimate of drug-likeness (QED) is 0.134. The smallest absolute Gasteiger partial charge is 0.243 e. The highest BCUT2D eigenvalue weighted by molar-refractivity contribution is 7.89. The van der Waals surface area contributed by atoms with Crippen molar-refractivity contribution in [3.05, 3.63) is 149 Å².